The van der Waals surface area contributed by atoms with Crippen molar-refractivity contribution in [3.63, 3.8) is 0 Å². The van der Waals surface area contributed by atoms with Crippen molar-refractivity contribution in [2.24, 2.45) is 7.05 Å². The van der Waals surface area contributed by atoms with E-state index in [1.54, 1.807) is 48.4 Å². The van der Waals surface area contributed by atoms with Crippen molar-refractivity contribution in [1.29, 1.82) is 5.26 Å². The summed E-state index contributed by atoms with van der Waals surface area (Å²) in [5.41, 5.74) is 8.96. The average Bonchev–Trinajstić information content (AvgIpc) is 3.72. The number of piperidine rings is 1. The largest absolute Gasteiger partial charge is 0.508 e. The number of carbonyl (C=O) groups is 3. The molecule has 0 unspecified atom stereocenters. The van der Waals surface area contributed by atoms with Crippen molar-refractivity contribution in [1.82, 2.24) is 29.2 Å². The van der Waals surface area contributed by atoms with Gasteiger partial charge in [-0.3, -0.25) is 29.2 Å². The second-order valence-electron chi connectivity index (χ2n) is 20.1. The molecule has 4 aromatic carbocycles. The Hall–Kier alpha value is -7.38. The predicted octanol–water partition coefficient (Wildman–Crippen LogP) is 8.29. The van der Waals surface area contributed by atoms with E-state index in [1.807, 2.05) is 41.6 Å². The van der Waals surface area contributed by atoms with Crippen LogP contribution in [0.3, 0.4) is 0 Å². The number of likely N-dealkylation sites (tertiary alicyclic amines) is 1. The van der Waals surface area contributed by atoms with Crippen molar-refractivity contribution in [3.05, 3.63) is 159 Å². The number of benzene rings is 4. The van der Waals surface area contributed by atoms with Gasteiger partial charge in [-0.1, -0.05) is 36.8 Å². The lowest BCUT2D eigenvalue weighted by Crippen LogP contribution is -2.51. The molecule has 0 saturated carbocycles. The van der Waals surface area contributed by atoms with E-state index in [9.17, 15) is 15.2 Å². The van der Waals surface area contributed by atoms with E-state index in [2.05, 4.69) is 45.1 Å². The van der Waals surface area contributed by atoms with Gasteiger partial charge in [0.15, 0.2) is 0 Å². The number of pyridine rings is 1. The molecule has 0 aliphatic carbocycles. The average molecular weight is 999 g/mol. The Kier molecular flexibility index (Phi) is 14.9. The third-order valence-electron chi connectivity index (χ3n) is 15.4. The highest BCUT2D eigenvalue weighted by atomic mass is 19.1. The highest BCUT2D eigenvalue weighted by Crippen LogP contribution is 2.38. The molecule has 15 heteroatoms. The fourth-order valence-corrected chi connectivity index (χ4v) is 11.0. The zero-order valence-electron chi connectivity index (χ0n) is 42.5. The number of rotatable bonds is 13. The number of fused-ring (bicyclic) bond motifs is 2. The Morgan fingerprint density at radius 1 is 0.838 bits per heavy atom. The molecule has 6 aromatic rings. The first-order valence-electron chi connectivity index (χ1n) is 25.8. The second-order valence-corrected chi connectivity index (χ2v) is 20.1. The zero-order chi connectivity index (χ0) is 51.5. The minimum absolute atomic E-state index is 0.0342. The van der Waals surface area contributed by atoms with E-state index in [4.69, 9.17) is 9.47 Å². The molecular formula is C59H63FN8O6. The molecule has 1 atom stereocenters. The molecule has 0 radical (unpaired) electrons. The summed E-state index contributed by atoms with van der Waals surface area (Å²) in [6.07, 6.45) is 6.11. The Bertz CT molecular complexity index is 3120. The maximum absolute atomic E-state index is 15.8. The molecule has 3 amide bonds. The Morgan fingerprint density at radius 2 is 1.61 bits per heavy atom. The van der Waals surface area contributed by atoms with E-state index in [1.165, 1.54) is 35.1 Å². The number of morpholine rings is 1. The van der Waals surface area contributed by atoms with E-state index >= 15 is 14.0 Å². The van der Waals surface area contributed by atoms with Gasteiger partial charge in [0.2, 0.25) is 5.91 Å². The molecule has 6 heterocycles. The molecule has 4 aliphatic heterocycles. The van der Waals surface area contributed by atoms with Crippen molar-refractivity contribution in [2.75, 3.05) is 70.5 Å². The smallest absolute Gasteiger partial charge is 0.264 e. The van der Waals surface area contributed by atoms with Gasteiger partial charge in [0, 0.05) is 93.2 Å². The Balaban J connectivity index is 0.990. The summed E-state index contributed by atoms with van der Waals surface area (Å²) >= 11 is 0. The molecule has 0 bridgehead atoms. The summed E-state index contributed by atoms with van der Waals surface area (Å²) in [4.78, 5) is 59.5. The lowest BCUT2D eigenvalue weighted by Gasteiger charge is -2.41. The van der Waals surface area contributed by atoms with Gasteiger partial charge in [-0.25, -0.2) is 4.39 Å². The van der Waals surface area contributed by atoms with Crippen LogP contribution in [0, 0.1) is 31.0 Å². The van der Waals surface area contributed by atoms with Gasteiger partial charge in [0.25, 0.3) is 11.8 Å². The Morgan fingerprint density at radius 3 is 2.36 bits per heavy atom. The van der Waals surface area contributed by atoms with Gasteiger partial charge >= 0.3 is 0 Å². The SMILES string of the molecule is Cc1ncc(N(C(=O)c2cc(-c3cc4c(cc3C(=O)N3Cc5ccccc5C[C@H]3CN3CCCCC3)CN(C(=O)Cc3ccc(OCCN5CCOCC5)cc3F)CC4)n(C)c2C)c2ccc(O)cc2)cc1C#N. The molecule has 2 saturated heterocycles. The molecule has 4 aliphatic rings. The molecule has 10 rings (SSSR count). The van der Waals surface area contributed by atoms with Crippen LogP contribution >= 0.6 is 0 Å². The van der Waals surface area contributed by atoms with Crippen LogP contribution in [0.2, 0.25) is 0 Å². The third kappa shape index (κ3) is 10.7. The number of hydrogen-bond acceptors (Lipinski definition) is 10. The zero-order valence-corrected chi connectivity index (χ0v) is 42.5. The van der Waals surface area contributed by atoms with E-state index in [0.29, 0.717) is 102 Å². The standard InChI is InChI=1S/C59H63FN8O6/c1-39-45(34-61)28-48(35-62-39)68(47-12-14-50(69)15-13-47)59(72)52-33-56(63(3)40(52)2)53-29-42-17-20-66(57(70)31-43-11-16-51(32-55(43)60)74-26-23-64-21-24-73-25-22-64)36-46(42)30-54(53)58(71)67-37-44-10-6-5-9-41(44)27-49(67)38-65-18-7-4-8-19-65/h5-6,9-16,28-30,32-33,35,49,69H,4,7-8,17-27,31,36-38H2,1-3H3/t49-/m0/s1. The second kappa shape index (κ2) is 22.0. The molecular weight excluding hydrogens is 936 g/mol. The molecule has 2 aromatic heterocycles. The number of halogens is 1. The van der Waals surface area contributed by atoms with Crippen molar-refractivity contribution in [3.8, 4) is 28.8 Å². The number of carbonyl (C=O) groups excluding carboxylic acids is 3. The minimum Gasteiger partial charge on any atom is -0.508 e. The summed E-state index contributed by atoms with van der Waals surface area (Å²) in [5, 5.41) is 20.2. The van der Waals surface area contributed by atoms with Crippen LogP contribution in [0.1, 0.15) is 84.7 Å². The molecule has 2 fully saturated rings. The first kappa shape index (κ1) is 50.2. The number of aromatic hydroxyl groups is 1. The summed E-state index contributed by atoms with van der Waals surface area (Å²) in [6, 6.07) is 28.9. The molecule has 74 heavy (non-hydrogen) atoms. The first-order valence-corrected chi connectivity index (χ1v) is 25.8. The van der Waals surface area contributed by atoms with Gasteiger partial charge in [-0.05, 0) is 135 Å². The third-order valence-corrected chi connectivity index (χ3v) is 15.4. The minimum atomic E-state index is -0.497. The van der Waals surface area contributed by atoms with Crippen LogP contribution < -0.4 is 9.64 Å². The summed E-state index contributed by atoms with van der Waals surface area (Å²) < 4.78 is 28.9. The maximum atomic E-state index is 15.8. The molecule has 14 nitrogen and oxygen atoms in total. The fourth-order valence-electron chi connectivity index (χ4n) is 11.0. The number of nitriles is 1. The number of phenols is 1. The van der Waals surface area contributed by atoms with Gasteiger partial charge in [-0.2, -0.15) is 5.26 Å². The lowest BCUT2D eigenvalue weighted by atomic mass is 9.89. The number of nitrogens with zero attached hydrogens (tertiary/aromatic N) is 8. The highest BCUT2D eigenvalue weighted by Gasteiger charge is 2.36. The van der Waals surface area contributed by atoms with Crippen LogP contribution in [0.4, 0.5) is 15.8 Å². The highest BCUT2D eigenvalue weighted by molar-refractivity contribution is 6.12. The normalized spacial score (nSPS) is 17.0. The Labute approximate surface area is 432 Å². The summed E-state index contributed by atoms with van der Waals surface area (Å²) in [6.45, 7) is 11.6. The topological polar surface area (TPSA) is 148 Å². The number of aryl methyl sites for hydroxylation is 1. The van der Waals surface area contributed by atoms with Gasteiger partial charge in [0.1, 0.15) is 30.0 Å². The monoisotopic (exact) mass is 998 g/mol. The molecule has 382 valence electrons. The number of aromatic nitrogens is 2. The van der Waals surface area contributed by atoms with Crippen LogP contribution in [-0.2, 0) is 48.9 Å². The van der Waals surface area contributed by atoms with E-state index in [0.717, 1.165) is 68.7 Å². The van der Waals surface area contributed by atoms with Crippen molar-refractivity contribution in [2.45, 2.75) is 71.5 Å². The van der Waals surface area contributed by atoms with Gasteiger partial charge < -0.3 is 33.8 Å². The first-order chi connectivity index (χ1) is 35.9. The van der Waals surface area contributed by atoms with Gasteiger partial charge in [-0.15, -0.1) is 0 Å². The lowest BCUT2D eigenvalue weighted by molar-refractivity contribution is -0.131. The van der Waals surface area contributed by atoms with Crippen LogP contribution in [-0.4, -0.2) is 124 Å². The summed E-state index contributed by atoms with van der Waals surface area (Å²) in [7, 11) is 1.89. The number of phenolic OH excluding ortho intramolecular Hbond substituents is 1. The number of amides is 3. The van der Waals surface area contributed by atoms with Crippen LogP contribution in [0.5, 0.6) is 11.5 Å². The number of ether oxygens (including phenoxy) is 2. The van der Waals surface area contributed by atoms with Gasteiger partial charge in [0.05, 0.1) is 48.3 Å². The molecule has 1 N–H and O–H groups in total. The number of hydrogen-bond donors (Lipinski definition) is 1. The fraction of sp³-hybridized carbons (Fsp3) is 0.373. The van der Waals surface area contributed by atoms with Crippen molar-refractivity contribution >= 4 is 29.1 Å². The van der Waals surface area contributed by atoms with Crippen LogP contribution in [0.15, 0.2) is 97.2 Å². The maximum Gasteiger partial charge on any atom is 0.264 e. The summed E-state index contributed by atoms with van der Waals surface area (Å²) in [5.74, 6) is -0.785. The van der Waals surface area contributed by atoms with E-state index < -0.39 is 5.82 Å². The van der Waals surface area contributed by atoms with Crippen LogP contribution in [0.25, 0.3) is 11.3 Å². The number of anilines is 2. The molecule has 0 spiro atoms. The predicted molar refractivity (Wildman–Crippen MR) is 280 cm³/mol. The van der Waals surface area contributed by atoms with E-state index in [-0.39, 0.29) is 48.0 Å². The van der Waals surface area contributed by atoms with Crippen molar-refractivity contribution < 1.29 is 33.4 Å². The quantitative estimate of drug-likeness (QED) is 0.120.